The first-order valence-electron chi connectivity index (χ1n) is 7.25. The highest BCUT2D eigenvalue weighted by Gasteiger charge is 2.61. The van der Waals surface area contributed by atoms with Crippen LogP contribution in [0.1, 0.15) is 31.9 Å². The van der Waals surface area contributed by atoms with Crippen molar-refractivity contribution in [2.75, 3.05) is 0 Å². The summed E-state index contributed by atoms with van der Waals surface area (Å²) >= 11 is 0. The molecule has 1 saturated carbocycles. The fraction of sp³-hybridized carbons (Fsp3) is 0.471. The predicted molar refractivity (Wildman–Crippen MR) is 76.4 cm³/mol. The highest BCUT2D eigenvalue weighted by atomic mass is 19.2. The number of esters is 1. The number of hydrogen-bond acceptors (Lipinski definition) is 2. The molecule has 0 aliphatic heterocycles. The minimum Gasteiger partial charge on any atom is -0.460 e. The molecule has 1 aromatic carbocycles. The molecular weight excluding hydrogens is 312 g/mol. The van der Waals surface area contributed by atoms with Crippen molar-refractivity contribution in [1.29, 1.82) is 0 Å². The number of benzene rings is 1. The third-order valence-corrected chi connectivity index (χ3v) is 4.50. The fourth-order valence-electron chi connectivity index (χ4n) is 2.84. The summed E-state index contributed by atoms with van der Waals surface area (Å²) in [7, 11) is 0. The summed E-state index contributed by atoms with van der Waals surface area (Å²) < 4.78 is 59.3. The van der Waals surface area contributed by atoms with E-state index in [1.54, 1.807) is 0 Å². The van der Waals surface area contributed by atoms with E-state index < -0.39 is 52.9 Å². The number of hydrogen-bond donors (Lipinski definition) is 0. The zero-order valence-corrected chi connectivity index (χ0v) is 13.3. The maximum atomic E-state index is 13.7. The van der Waals surface area contributed by atoms with Crippen LogP contribution in [-0.4, -0.2) is 5.97 Å². The Morgan fingerprint density at radius 3 is 2.13 bits per heavy atom. The van der Waals surface area contributed by atoms with Crippen LogP contribution >= 0.6 is 0 Å². The van der Waals surface area contributed by atoms with Gasteiger partial charge in [-0.15, -0.1) is 0 Å². The lowest BCUT2D eigenvalue weighted by molar-refractivity contribution is -0.147. The van der Waals surface area contributed by atoms with Crippen LogP contribution in [0.3, 0.4) is 0 Å². The van der Waals surface area contributed by atoms with E-state index in [1.807, 2.05) is 32.9 Å². The Morgan fingerprint density at radius 1 is 1.13 bits per heavy atom. The molecule has 0 spiro atoms. The van der Waals surface area contributed by atoms with Gasteiger partial charge in [-0.3, -0.25) is 4.79 Å². The van der Waals surface area contributed by atoms with Gasteiger partial charge in [0.15, 0.2) is 23.3 Å². The summed E-state index contributed by atoms with van der Waals surface area (Å²) in [6, 6.07) is 0. The summed E-state index contributed by atoms with van der Waals surface area (Å²) in [6.45, 7) is 5.64. The molecule has 1 aliphatic rings. The molecule has 0 saturated heterocycles. The first-order chi connectivity index (χ1) is 10.6. The van der Waals surface area contributed by atoms with Crippen LogP contribution in [0.5, 0.6) is 0 Å². The maximum absolute atomic E-state index is 13.7. The number of allylic oxidation sites excluding steroid dienone is 2. The predicted octanol–water partition coefficient (Wildman–Crippen LogP) is 4.44. The van der Waals surface area contributed by atoms with Gasteiger partial charge in [-0.2, -0.15) is 0 Å². The first-order valence-corrected chi connectivity index (χ1v) is 7.25. The second-order valence-corrected chi connectivity index (χ2v) is 6.32. The van der Waals surface area contributed by atoms with Crippen molar-refractivity contribution in [2.24, 2.45) is 17.3 Å². The lowest BCUT2D eigenvalue weighted by Crippen LogP contribution is -2.14. The minimum atomic E-state index is -1.53. The van der Waals surface area contributed by atoms with Gasteiger partial charge in [0.1, 0.15) is 6.61 Å². The van der Waals surface area contributed by atoms with Gasteiger partial charge < -0.3 is 4.74 Å². The Kier molecular flexibility index (Phi) is 4.55. The maximum Gasteiger partial charge on any atom is 0.310 e. The lowest BCUT2D eigenvalue weighted by atomic mass is 10.1. The summed E-state index contributed by atoms with van der Waals surface area (Å²) in [5.41, 5.74) is -1.98. The molecule has 0 amide bonds. The fourth-order valence-corrected chi connectivity index (χ4v) is 2.84. The van der Waals surface area contributed by atoms with Gasteiger partial charge in [0, 0.05) is 5.56 Å². The zero-order chi connectivity index (χ0) is 17.5. The van der Waals surface area contributed by atoms with E-state index >= 15 is 0 Å². The van der Waals surface area contributed by atoms with Crippen molar-refractivity contribution in [3.05, 3.63) is 46.5 Å². The van der Waals surface area contributed by atoms with E-state index in [2.05, 4.69) is 0 Å². The summed E-state index contributed by atoms with van der Waals surface area (Å²) in [5.74, 6) is -7.13. The Labute approximate surface area is 132 Å². The molecular formula is C17H18F4O2. The largest absolute Gasteiger partial charge is 0.460 e. The van der Waals surface area contributed by atoms with Gasteiger partial charge in [0.05, 0.1) is 11.5 Å². The molecule has 2 nitrogen and oxygen atoms in total. The monoisotopic (exact) mass is 330 g/mol. The SMILES string of the molecule is C/C=C/[C@@H]1[C@@H](C(=O)OCc2c(F)c(F)c(C)c(F)c2F)C1(C)C. The number of halogens is 4. The van der Waals surface area contributed by atoms with Crippen LogP contribution in [0.15, 0.2) is 12.2 Å². The molecule has 126 valence electrons. The summed E-state index contributed by atoms with van der Waals surface area (Å²) in [5, 5.41) is 0. The van der Waals surface area contributed by atoms with Gasteiger partial charge in [-0.05, 0) is 25.2 Å². The second kappa shape index (κ2) is 5.98. The van der Waals surface area contributed by atoms with Gasteiger partial charge in [0.25, 0.3) is 0 Å². The molecule has 0 heterocycles. The van der Waals surface area contributed by atoms with Crippen LogP contribution in [-0.2, 0) is 16.1 Å². The van der Waals surface area contributed by atoms with E-state index in [9.17, 15) is 22.4 Å². The minimum absolute atomic E-state index is 0.0267. The van der Waals surface area contributed by atoms with E-state index in [1.165, 1.54) is 0 Å². The Morgan fingerprint density at radius 2 is 1.65 bits per heavy atom. The smallest absolute Gasteiger partial charge is 0.310 e. The van der Waals surface area contributed by atoms with E-state index in [4.69, 9.17) is 4.74 Å². The van der Waals surface area contributed by atoms with E-state index in [0.717, 1.165) is 6.92 Å². The highest BCUT2D eigenvalue weighted by Crippen LogP contribution is 2.59. The summed E-state index contributed by atoms with van der Waals surface area (Å²) in [6.07, 6.45) is 3.67. The lowest BCUT2D eigenvalue weighted by Gasteiger charge is -2.10. The average molecular weight is 330 g/mol. The van der Waals surface area contributed by atoms with Crippen molar-refractivity contribution in [3.63, 3.8) is 0 Å². The van der Waals surface area contributed by atoms with Crippen molar-refractivity contribution < 1.29 is 27.1 Å². The van der Waals surface area contributed by atoms with E-state index in [-0.39, 0.29) is 11.3 Å². The molecule has 1 aliphatic carbocycles. The van der Waals surface area contributed by atoms with Crippen LogP contribution in [0.2, 0.25) is 0 Å². The van der Waals surface area contributed by atoms with Crippen LogP contribution in [0.4, 0.5) is 17.6 Å². The number of carbonyl (C=O) groups is 1. The van der Waals surface area contributed by atoms with Crippen molar-refractivity contribution >= 4 is 5.97 Å². The number of ether oxygens (including phenoxy) is 1. The molecule has 2 atom stereocenters. The third-order valence-electron chi connectivity index (χ3n) is 4.50. The standard InChI is InChI=1S/C17H18F4O2/c1-5-6-10-11(17(10,3)4)16(22)23-7-9-14(20)12(18)8(2)13(19)15(9)21/h5-6,10-11H,7H2,1-4H3/b6-5+/t10-,11+/m1/s1. The molecule has 2 rings (SSSR count). The van der Waals surface area contributed by atoms with Crippen LogP contribution in [0.25, 0.3) is 0 Å². The topological polar surface area (TPSA) is 26.3 Å². The van der Waals surface area contributed by atoms with Crippen LogP contribution < -0.4 is 0 Å². The molecule has 1 aromatic rings. The molecule has 1 fully saturated rings. The average Bonchev–Trinajstić information content (AvgIpc) is 3.04. The normalized spacial score (nSPS) is 22.4. The van der Waals surface area contributed by atoms with Gasteiger partial charge in [0.2, 0.25) is 0 Å². The Balaban J connectivity index is 2.15. The summed E-state index contributed by atoms with van der Waals surface area (Å²) in [4.78, 5) is 12.1. The zero-order valence-electron chi connectivity index (χ0n) is 13.3. The Hall–Kier alpha value is -1.85. The van der Waals surface area contributed by atoms with Gasteiger partial charge in [-0.25, -0.2) is 17.6 Å². The highest BCUT2D eigenvalue weighted by molar-refractivity contribution is 5.78. The number of carbonyl (C=O) groups excluding carboxylic acids is 1. The second-order valence-electron chi connectivity index (χ2n) is 6.32. The van der Waals surface area contributed by atoms with Crippen molar-refractivity contribution in [3.8, 4) is 0 Å². The van der Waals surface area contributed by atoms with Gasteiger partial charge in [-0.1, -0.05) is 26.0 Å². The molecule has 23 heavy (non-hydrogen) atoms. The molecule has 0 unspecified atom stereocenters. The first kappa shape index (κ1) is 17.5. The quantitative estimate of drug-likeness (QED) is 0.353. The van der Waals surface area contributed by atoms with Crippen molar-refractivity contribution in [2.45, 2.75) is 34.3 Å². The van der Waals surface area contributed by atoms with E-state index in [0.29, 0.717) is 0 Å². The molecule has 0 aromatic heterocycles. The van der Waals surface area contributed by atoms with Crippen molar-refractivity contribution in [1.82, 2.24) is 0 Å². The van der Waals surface area contributed by atoms with Gasteiger partial charge >= 0.3 is 5.97 Å². The molecule has 0 bridgehead atoms. The number of rotatable bonds is 4. The third kappa shape index (κ3) is 2.86. The molecule has 6 heteroatoms. The molecule has 0 N–H and O–H groups in total. The molecule has 0 radical (unpaired) electrons. The Bertz CT molecular complexity index is 651. The van der Waals surface area contributed by atoms with Crippen LogP contribution in [0, 0.1) is 47.4 Å².